The van der Waals surface area contributed by atoms with Gasteiger partial charge in [0.1, 0.15) is 0 Å². The fourth-order valence-corrected chi connectivity index (χ4v) is 2.66. The fourth-order valence-electron chi connectivity index (χ4n) is 2.66. The maximum absolute atomic E-state index is 10.6. The molecule has 130 valence electrons. The molecule has 0 N–H and O–H groups in total. The summed E-state index contributed by atoms with van der Waals surface area (Å²) in [5.41, 5.74) is 0. The number of aliphatic imine (C=N–C) groups is 1. The molecule has 0 aromatic heterocycles. The van der Waals surface area contributed by atoms with Gasteiger partial charge in [0, 0.05) is 19.6 Å². The molecular formula is C18H35NO3. The number of unbranched alkanes of at least 4 members (excludes halogenated alkanes) is 9. The van der Waals surface area contributed by atoms with Crippen LogP contribution in [0.4, 0.5) is 0 Å². The van der Waals surface area contributed by atoms with E-state index >= 15 is 0 Å². The second-order valence-corrected chi connectivity index (χ2v) is 5.71. The standard InChI is InChI=1S/C18H35NO3/c1-4-7-8-9-10-11-12-13-14-15-16-18(19-17-20,21-5-2)22-6-3/h4-16H2,1-3H3. The Kier molecular flexibility index (Phi) is 14.7. The van der Waals surface area contributed by atoms with Crippen LogP contribution in [0.25, 0.3) is 0 Å². The molecule has 0 aliphatic rings. The highest BCUT2D eigenvalue weighted by Gasteiger charge is 2.30. The fraction of sp³-hybridized carbons (Fsp3) is 0.944. The maximum Gasteiger partial charge on any atom is 0.280 e. The average Bonchev–Trinajstić information content (AvgIpc) is 2.50. The van der Waals surface area contributed by atoms with Gasteiger partial charge in [0.15, 0.2) is 0 Å². The van der Waals surface area contributed by atoms with Gasteiger partial charge in [-0.3, -0.25) is 0 Å². The first kappa shape index (κ1) is 21.3. The molecule has 0 fully saturated rings. The highest BCUT2D eigenvalue weighted by molar-refractivity contribution is 5.33. The third kappa shape index (κ3) is 10.9. The first-order valence-electron chi connectivity index (χ1n) is 9.11. The Balaban J connectivity index is 3.78. The molecule has 22 heavy (non-hydrogen) atoms. The molecule has 0 bridgehead atoms. The van der Waals surface area contributed by atoms with Gasteiger partial charge in [-0.25, -0.2) is 4.79 Å². The topological polar surface area (TPSA) is 47.9 Å². The zero-order valence-electron chi connectivity index (χ0n) is 14.9. The van der Waals surface area contributed by atoms with Crippen LogP contribution in [0.2, 0.25) is 0 Å². The Morgan fingerprint density at radius 2 is 1.23 bits per heavy atom. The van der Waals surface area contributed by atoms with Gasteiger partial charge >= 0.3 is 0 Å². The molecule has 0 aliphatic heterocycles. The van der Waals surface area contributed by atoms with Gasteiger partial charge in [-0.05, 0) is 20.3 Å². The predicted octanol–water partition coefficient (Wildman–Crippen LogP) is 5.36. The van der Waals surface area contributed by atoms with Crippen molar-refractivity contribution in [1.29, 1.82) is 0 Å². The first-order valence-corrected chi connectivity index (χ1v) is 9.11. The van der Waals surface area contributed by atoms with Crippen molar-refractivity contribution < 1.29 is 14.3 Å². The Labute approximate surface area is 136 Å². The predicted molar refractivity (Wildman–Crippen MR) is 90.6 cm³/mol. The molecule has 0 unspecified atom stereocenters. The summed E-state index contributed by atoms with van der Waals surface area (Å²) in [6.07, 6.45) is 14.9. The van der Waals surface area contributed by atoms with Crippen LogP contribution in [0.5, 0.6) is 0 Å². The van der Waals surface area contributed by atoms with Gasteiger partial charge in [0.2, 0.25) is 6.08 Å². The number of hydrogen-bond donors (Lipinski definition) is 0. The van der Waals surface area contributed by atoms with Crippen LogP contribution in [0.15, 0.2) is 4.99 Å². The summed E-state index contributed by atoms with van der Waals surface area (Å²) in [6, 6.07) is 0. The molecule has 0 aromatic rings. The van der Waals surface area contributed by atoms with E-state index in [1.807, 2.05) is 13.8 Å². The van der Waals surface area contributed by atoms with Gasteiger partial charge in [-0.15, -0.1) is 4.99 Å². The lowest BCUT2D eigenvalue weighted by Crippen LogP contribution is -2.34. The SMILES string of the molecule is CCCCCCCCCCCCC(N=C=O)(OCC)OCC. The van der Waals surface area contributed by atoms with E-state index in [1.54, 1.807) is 6.08 Å². The molecule has 4 heteroatoms. The number of ether oxygens (including phenoxy) is 2. The molecule has 0 rings (SSSR count). The van der Waals surface area contributed by atoms with E-state index in [-0.39, 0.29) is 0 Å². The molecular weight excluding hydrogens is 278 g/mol. The molecule has 0 radical (unpaired) electrons. The molecule has 0 saturated carbocycles. The van der Waals surface area contributed by atoms with E-state index in [1.165, 1.54) is 51.4 Å². The van der Waals surface area contributed by atoms with E-state index in [4.69, 9.17) is 9.47 Å². The number of rotatable bonds is 16. The maximum atomic E-state index is 10.6. The van der Waals surface area contributed by atoms with E-state index in [2.05, 4.69) is 11.9 Å². The lowest BCUT2D eigenvalue weighted by atomic mass is 10.1. The quantitative estimate of drug-likeness (QED) is 0.167. The lowest BCUT2D eigenvalue weighted by molar-refractivity contribution is -0.231. The monoisotopic (exact) mass is 313 g/mol. The summed E-state index contributed by atoms with van der Waals surface area (Å²) in [6.45, 7) is 6.96. The van der Waals surface area contributed by atoms with Crippen molar-refractivity contribution in [3.05, 3.63) is 0 Å². The summed E-state index contributed by atoms with van der Waals surface area (Å²) in [5.74, 6) is -1.11. The van der Waals surface area contributed by atoms with Gasteiger partial charge in [0.25, 0.3) is 5.91 Å². The normalized spacial score (nSPS) is 11.4. The van der Waals surface area contributed by atoms with Crippen molar-refractivity contribution in [1.82, 2.24) is 0 Å². The van der Waals surface area contributed by atoms with Crippen LogP contribution in [-0.2, 0) is 14.3 Å². The van der Waals surface area contributed by atoms with Crippen LogP contribution >= 0.6 is 0 Å². The summed E-state index contributed by atoms with van der Waals surface area (Å²) >= 11 is 0. The van der Waals surface area contributed by atoms with Crippen molar-refractivity contribution in [3.8, 4) is 0 Å². The third-order valence-corrected chi connectivity index (χ3v) is 3.80. The molecule has 0 aliphatic carbocycles. The number of carbonyl (C=O) groups excluding carboxylic acids is 1. The summed E-state index contributed by atoms with van der Waals surface area (Å²) in [5, 5.41) is 0. The Hall–Kier alpha value is -0.700. The summed E-state index contributed by atoms with van der Waals surface area (Å²) < 4.78 is 11.1. The summed E-state index contributed by atoms with van der Waals surface area (Å²) in [4.78, 5) is 14.4. The first-order chi connectivity index (χ1) is 10.7. The van der Waals surface area contributed by atoms with E-state index in [0.717, 1.165) is 12.8 Å². The molecule has 0 heterocycles. The number of hydrogen-bond acceptors (Lipinski definition) is 4. The second-order valence-electron chi connectivity index (χ2n) is 5.71. The molecule has 0 saturated heterocycles. The van der Waals surface area contributed by atoms with Gasteiger partial charge in [-0.1, -0.05) is 64.7 Å². The van der Waals surface area contributed by atoms with E-state index in [0.29, 0.717) is 19.6 Å². The largest absolute Gasteiger partial charge is 0.331 e. The Morgan fingerprint density at radius 3 is 1.64 bits per heavy atom. The highest BCUT2D eigenvalue weighted by Crippen LogP contribution is 2.23. The van der Waals surface area contributed by atoms with Crippen molar-refractivity contribution >= 4 is 6.08 Å². The molecule has 0 aromatic carbocycles. The lowest BCUT2D eigenvalue weighted by Gasteiger charge is -2.27. The minimum absolute atomic E-state index is 0.475. The van der Waals surface area contributed by atoms with Crippen molar-refractivity contribution in [2.24, 2.45) is 4.99 Å². The highest BCUT2D eigenvalue weighted by atomic mass is 16.7. The van der Waals surface area contributed by atoms with Crippen LogP contribution in [0.1, 0.15) is 91.4 Å². The Bertz CT molecular complexity index is 282. The second kappa shape index (κ2) is 15.2. The zero-order valence-corrected chi connectivity index (χ0v) is 14.9. The van der Waals surface area contributed by atoms with Crippen molar-refractivity contribution in [2.45, 2.75) is 97.3 Å². The van der Waals surface area contributed by atoms with Crippen molar-refractivity contribution in [3.63, 3.8) is 0 Å². The van der Waals surface area contributed by atoms with Gasteiger partial charge in [0.05, 0.1) is 0 Å². The van der Waals surface area contributed by atoms with Crippen LogP contribution < -0.4 is 0 Å². The third-order valence-electron chi connectivity index (χ3n) is 3.80. The van der Waals surface area contributed by atoms with Crippen LogP contribution in [-0.4, -0.2) is 25.2 Å². The molecule has 0 spiro atoms. The Morgan fingerprint density at radius 1 is 0.773 bits per heavy atom. The van der Waals surface area contributed by atoms with Gasteiger partial charge in [-0.2, -0.15) is 0 Å². The van der Waals surface area contributed by atoms with Gasteiger partial charge < -0.3 is 9.47 Å². The van der Waals surface area contributed by atoms with E-state index in [9.17, 15) is 4.79 Å². The van der Waals surface area contributed by atoms with Crippen molar-refractivity contribution in [2.75, 3.05) is 13.2 Å². The van der Waals surface area contributed by atoms with E-state index < -0.39 is 5.91 Å². The molecule has 0 amide bonds. The van der Waals surface area contributed by atoms with Crippen LogP contribution in [0.3, 0.4) is 0 Å². The number of nitrogens with zero attached hydrogens (tertiary/aromatic N) is 1. The smallest absolute Gasteiger partial charge is 0.280 e. The zero-order chi connectivity index (χ0) is 16.5. The minimum atomic E-state index is -1.11. The van der Waals surface area contributed by atoms with Crippen LogP contribution in [0, 0.1) is 0 Å². The minimum Gasteiger partial charge on any atom is -0.331 e. The molecule has 0 atom stereocenters. The molecule has 4 nitrogen and oxygen atoms in total. The summed E-state index contributed by atoms with van der Waals surface area (Å²) in [7, 11) is 0. The number of isocyanates is 1. The average molecular weight is 313 g/mol.